The Morgan fingerprint density at radius 2 is 1.97 bits per heavy atom. The highest BCUT2D eigenvalue weighted by Crippen LogP contribution is 2.24. The number of carbonyl (C=O) groups excluding carboxylic acids is 1. The number of nitrogens with one attached hydrogen (secondary N) is 2. The lowest BCUT2D eigenvalue weighted by Crippen LogP contribution is -2.38. The Labute approximate surface area is 173 Å². The molecule has 0 spiro atoms. The summed E-state index contributed by atoms with van der Waals surface area (Å²) in [4.78, 5) is 44.2. The van der Waals surface area contributed by atoms with E-state index in [0.717, 1.165) is 5.56 Å². The molecule has 0 radical (unpaired) electrons. The van der Waals surface area contributed by atoms with E-state index >= 15 is 0 Å². The van der Waals surface area contributed by atoms with Gasteiger partial charge in [-0.1, -0.05) is 39.8 Å². The Morgan fingerprint density at radius 1 is 1.27 bits per heavy atom. The van der Waals surface area contributed by atoms with Crippen molar-refractivity contribution in [3.8, 4) is 0 Å². The summed E-state index contributed by atoms with van der Waals surface area (Å²) in [7, 11) is 1.49. The Morgan fingerprint density at radius 3 is 2.60 bits per heavy atom. The Bertz CT molecular complexity index is 1240. The molecule has 0 aliphatic carbocycles. The van der Waals surface area contributed by atoms with Crippen LogP contribution in [0.5, 0.6) is 0 Å². The molecular weight excluding hydrogens is 387 g/mol. The molecule has 0 aliphatic heterocycles. The van der Waals surface area contributed by atoms with Crippen molar-refractivity contribution in [2.45, 2.75) is 39.0 Å². The lowest BCUT2D eigenvalue weighted by Gasteiger charge is -2.26. The third kappa shape index (κ3) is 4.03. The van der Waals surface area contributed by atoms with Crippen LogP contribution in [0.25, 0.3) is 11.0 Å². The SMILES string of the molecule is CC(C)c1cc(C(=O)NCC(C)(C)c2cccc(F)c2)c2c(=O)[nH]c(=O)n(C)c2n1. The molecule has 158 valence electrons. The quantitative estimate of drug-likeness (QED) is 0.673. The minimum absolute atomic E-state index is 0.0147. The van der Waals surface area contributed by atoms with Gasteiger partial charge in [-0.25, -0.2) is 14.2 Å². The predicted molar refractivity (Wildman–Crippen MR) is 113 cm³/mol. The van der Waals surface area contributed by atoms with Crippen molar-refractivity contribution in [3.05, 3.63) is 73.8 Å². The zero-order chi connectivity index (χ0) is 22.2. The van der Waals surface area contributed by atoms with E-state index in [2.05, 4.69) is 15.3 Å². The van der Waals surface area contributed by atoms with E-state index in [1.807, 2.05) is 27.7 Å². The fourth-order valence-corrected chi connectivity index (χ4v) is 3.24. The van der Waals surface area contributed by atoms with Crippen molar-refractivity contribution >= 4 is 16.9 Å². The van der Waals surface area contributed by atoms with Gasteiger partial charge < -0.3 is 5.32 Å². The highest BCUT2D eigenvalue weighted by molar-refractivity contribution is 6.05. The average Bonchev–Trinajstić information content (AvgIpc) is 2.69. The van der Waals surface area contributed by atoms with Crippen LogP contribution in [0.15, 0.2) is 39.9 Å². The minimum atomic E-state index is -0.662. The standard InChI is InChI=1S/C22H25FN4O3/c1-12(2)16-10-15(17-18(25-16)27(5)21(30)26-20(17)29)19(28)24-11-22(3,4)13-7-6-8-14(23)9-13/h6-10,12H,11H2,1-5H3,(H,24,28)(H,26,29,30). The van der Waals surface area contributed by atoms with Crippen LogP contribution in [-0.2, 0) is 12.5 Å². The summed E-state index contributed by atoms with van der Waals surface area (Å²) >= 11 is 0. The number of hydrogen-bond acceptors (Lipinski definition) is 4. The molecule has 0 unspecified atom stereocenters. The van der Waals surface area contributed by atoms with Crippen molar-refractivity contribution < 1.29 is 9.18 Å². The van der Waals surface area contributed by atoms with Crippen LogP contribution in [0.1, 0.15) is 55.2 Å². The van der Waals surface area contributed by atoms with Gasteiger partial charge in [0.2, 0.25) is 0 Å². The lowest BCUT2D eigenvalue weighted by atomic mass is 9.84. The number of aromatic amines is 1. The number of nitrogens with zero attached hydrogens (tertiary/aromatic N) is 2. The monoisotopic (exact) mass is 412 g/mol. The van der Waals surface area contributed by atoms with Gasteiger partial charge in [0.15, 0.2) is 0 Å². The van der Waals surface area contributed by atoms with E-state index in [4.69, 9.17) is 0 Å². The molecule has 1 amide bonds. The molecule has 2 aromatic heterocycles. The molecule has 1 aromatic carbocycles. The molecule has 30 heavy (non-hydrogen) atoms. The molecule has 3 aromatic rings. The van der Waals surface area contributed by atoms with E-state index in [-0.39, 0.29) is 34.9 Å². The molecule has 0 aliphatic rings. The summed E-state index contributed by atoms with van der Waals surface area (Å²) in [5.41, 5.74) is -0.158. The average molecular weight is 412 g/mol. The van der Waals surface area contributed by atoms with Gasteiger partial charge in [0.1, 0.15) is 11.5 Å². The predicted octanol–water partition coefficient (Wildman–Crippen LogP) is 2.59. The number of amides is 1. The van der Waals surface area contributed by atoms with Gasteiger partial charge in [-0.3, -0.25) is 19.1 Å². The van der Waals surface area contributed by atoms with Crippen LogP contribution >= 0.6 is 0 Å². The number of H-pyrrole nitrogens is 1. The first kappa shape index (κ1) is 21.4. The number of benzene rings is 1. The van der Waals surface area contributed by atoms with Crippen molar-refractivity contribution in [1.82, 2.24) is 19.9 Å². The maximum atomic E-state index is 13.6. The second-order valence-corrected chi connectivity index (χ2v) is 8.34. The van der Waals surface area contributed by atoms with Crippen LogP contribution in [0.3, 0.4) is 0 Å². The van der Waals surface area contributed by atoms with Crippen LogP contribution in [-0.4, -0.2) is 27.0 Å². The van der Waals surface area contributed by atoms with E-state index in [9.17, 15) is 18.8 Å². The second-order valence-electron chi connectivity index (χ2n) is 8.34. The maximum Gasteiger partial charge on any atom is 0.329 e. The number of aryl methyl sites for hydroxylation is 1. The molecule has 2 heterocycles. The molecular formula is C22H25FN4O3. The summed E-state index contributed by atoms with van der Waals surface area (Å²) in [6, 6.07) is 7.81. The van der Waals surface area contributed by atoms with Crippen molar-refractivity contribution in [2.24, 2.45) is 7.05 Å². The largest absolute Gasteiger partial charge is 0.351 e. The summed E-state index contributed by atoms with van der Waals surface area (Å²) < 4.78 is 14.8. The van der Waals surface area contributed by atoms with Crippen LogP contribution in [0, 0.1) is 5.82 Å². The lowest BCUT2D eigenvalue weighted by molar-refractivity contribution is 0.0947. The molecule has 2 N–H and O–H groups in total. The van der Waals surface area contributed by atoms with Gasteiger partial charge in [0.25, 0.3) is 11.5 Å². The summed E-state index contributed by atoms with van der Waals surface area (Å²) in [5.74, 6) is -0.821. The summed E-state index contributed by atoms with van der Waals surface area (Å²) in [6.07, 6.45) is 0. The summed E-state index contributed by atoms with van der Waals surface area (Å²) in [5, 5.41) is 2.91. The Kier molecular flexibility index (Phi) is 5.61. The van der Waals surface area contributed by atoms with Crippen LogP contribution in [0.2, 0.25) is 0 Å². The molecule has 3 rings (SSSR count). The highest BCUT2D eigenvalue weighted by atomic mass is 19.1. The van der Waals surface area contributed by atoms with Gasteiger partial charge in [0, 0.05) is 24.7 Å². The van der Waals surface area contributed by atoms with Gasteiger partial charge in [0.05, 0.1) is 10.9 Å². The first-order valence-corrected chi connectivity index (χ1v) is 9.69. The molecule has 7 nitrogen and oxygen atoms in total. The number of halogens is 1. The first-order chi connectivity index (χ1) is 14.0. The number of fused-ring (bicyclic) bond motifs is 1. The molecule has 0 fully saturated rings. The van der Waals surface area contributed by atoms with Crippen molar-refractivity contribution in [3.63, 3.8) is 0 Å². The van der Waals surface area contributed by atoms with Crippen LogP contribution < -0.4 is 16.6 Å². The highest BCUT2D eigenvalue weighted by Gasteiger charge is 2.24. The van der Waals surface area contributed by atoms with E-state index in [1.54, 1.807) is 18.2 Å². The number of carbonyl (C=O) groups is 1. The molecule has 0 bridgehead atoms. The van der Waals surface area contributed by atoms with E-state index < -0.39 is 22.6 Å². The molecule has 0 saturated heterocycles. The number of pyridine rings is 1. The smallest absolute Gasteiger partial charge is 0.329 e. The third-order valence-corrected chi connectivity index (χ3v) is 5.22. The number of hydrogen-bond donors (Lipinski definition) is 2. The van der Waals surface area contributed by atoms with E-state index in [1.165, 1.54) is 23.7 Å². The fraction of sp³-hybridized carbons (Fsp3) is 0.364. The van der Waals surface area contributed by atoms with Gasteiger partial charge in [-0.05, 0) is 29.7 Å². The number of aromatic nitrogens is 3. The van der Waals surface area contributed by atoms with Gasteiger partial charge in [-0.15, -0.1) is 0 Å². The first-order valence-electron chi connectivity index (χ1n) is 9.69. The van der Waals surface area contributed by atoms with Gasteiger partial charge >= 0.3 is 5.69 Å². The van der Waals surface area contributed by atoms with Crippen LogP contribution in [0.4, 0.5) is 4.39 Å². The minimum Gasteiger partial charge on any atom is -0.351 e. The van der Waals surface area contributed by atoms with Gasteiger partial charge in [-0.2, -0.15) is 0 Å². The zero-order valence-electron chi connectivity index (χ0n) is 17.7. The summed E-state index contributed by atoms with van der Waals surface area (Å²) in [6.45, 7) is 7.83. The Balaban J connectivity index is 2.03. The topological polar surface area (TPSA) is 96.9 Å². The third-order valence-electron chi connectivity index (χ3n) is 5.22. The molecule has 8 heteroatoms. The van der Waals surface area contributed by atoms with Crippen molar-refractivity contribution in [1.29, 1.82) is 0 Å². The second kappa shape index (κ2) is 7.85. The fourth-order valence-electron chi connectivity index (χ4n) is 3.24. The molecule has 0 atom stereocenters. The van der Waals surface area contributed by atoms with Crippen molar-refractivity contribution in [2.75, 3.05) is 6.54 Å². The number of rotatable bonds is 5. The van der Waals surface area contributed by atoms with E-state index in [0.29, 0.717) is 5.69 Å². The zero-order valence-corrected chi connectivity index (χ0v) is 17.7. The maximum absolute atomic E-state index is 13.6. The molecule has 0 saturated carbocycles. The Hall–Kier alpha value is -3.29. The normalized spacial score (nSPS) is 11.8.